The lowest BCUT2D eigenvalue weighted by Gasteiger charge is -2.16. The molecule has 1 saturated carbocycles. The predicted molar refractivity (Wildman–Crippen MR) is 116 cm³/mol. The van der Waals surface area contributed by atoms with Crippen molar-refractivity contribution in [3.05, 3.63) is 82.1 Å². The van der Waals surface area contributed by atoms with Crippen LogP contribution in [0.15, 0.2) is 54.6 Å². The SMILES string of the molecule is Cc1c(-c2ccc(Cl)cc2)c(C(=O)NOC(=O)C2CC2)n(Cc2ccccc2)c1C(F)(F)F. The Labute approximate surface area is 193 Å². The van der Waals surface area contributed by atoms with E-state index in [4.69, 9.17) is 16.4 Å². The zero-order chi connectivity index (χ0) is 23.8. The van der Waals surface area contributed by atoms with Crippen molar-refractivity contribution in [3.8, 4) is 11.1 Å². The predicted octanol–water partition coefficient (Wildman–Crippen LogP) is 5.78. The number of carbonyl (C=O) groups excluding carboxylic acids is 2. The van der Waals surface area contributed by atoms with Gasteiger partial charge >= 0.3 is 18.1 Å². The van der Waals surface area contributed by atoms with Gasteiger partial charge in [-0.25, -0.2) is 4.79 Å². The molecule has 33 heavy (non-hydrogen) atoms. The van der Waals surface area contributed by atoms with Crippen LogP contribution in [0.3, 0.4) is 0 Å². The smallest absolute Gasteiger partial charge is 0.340 e. The fourth-order valence-electron chi connectivity index (χ4n) is 3.79. The van der Waals surface area contributed by atoms with Crippen LogP contribution in [0.25, 0.3) is 11.1 Å². The minimum absolute atomic E-state index is 0.0925. The number of alkyl halides is 3. The summed E-state index contributed by atoms with van der Waals surface area (Å²) in [5.41, 5.74) is 1.79. The Morgan fingerprint density at radius 1 is 1.09 bits per heavy atom. The number of carbonyl (C=O) groups is 2. The maximum Gasteiger partial charge on any atom is 0.431 e. The molecule has 0 spiro atoms. The Balaban J connectivity index is 1.87. The van der Waals surface area contributed by atoms with Gasteiger partial charge in [-0.05, 0) is 48.6 Å². The minimum Gasteiger partial charge on any atom is -0.340 e. The summed E-state index contributed by atoms with van der Waals surface area (Å²) in [6, 6.07) is 14.7. The fourth-order valence-corrected chi connectivity index (χ4v) is 3.91. The van der Waals surface area contributed by atoms with Gasteiger partial charge in [0.05, 0.1) is 5.92 Å². The van der Waals surface area contributed by atoms with E-state index in [1.807, 2.05) is 0 Å². The van der Waals surface area contributed by atoms with Gasteiger partial charge in [-0.3, -0.25) is 4.79 Å². The first-order valence-corrected chi connectivity index (χ1v) is 10.7. The zero-order valence-corrected chi connectivity index (χ0v) is 18.3. The van der Waals surface area contributed by atoms with Gasteiger partial charge in [-0.1, -0.05) is 54.1 Å². The molecular formula is C24H20ClF3N2O3. The number of benzene rings is 2. The number of rotatable bonds is 5. The van der Waals surface area contributed by atoms with Gasteiger partial charge in [0, 0.05) is 17.1 Å². The van der Waals surface area contributed by atoms with Crippen molar-refractivity contribution in [2.75, 3.05) is 0 Å². The van der Waals surface area contributed by atoms with E-state index in [2.05, 4.69) is 5.48 Å². The van der Waals surface area contributed by atoms with E-state index in [-0.39, 0.29) is 29.3 Å². The Bertz CT molecular complexity index is 1180. The van der Waals surface area contributed by atoms with Crippen molar-refractivity contribution in [2.45, 2.75) is 32.5 Å². The molecule has 1 N–H and O–H groups in total. The molecule has 0 bridgehead atoms. The highest BCUT2D eigenvalue weighted by molar-refractivity contribution is 6.30. The molecule has 172 valence electrons. The summed E-state index contributed by atoms with van der Waals surface area (Å²) < 4.78 is 43.6. The molecule has 1 aliphatic rings. The average molecular weight is 477 g/mol. The quantitative estimate of drug-likeness (QED) is 0.475. The van der Waals surface area contributed by atoms with E-state index >= 15 is 0 Å². The number of halogens is 4. The van der Waals surface area contributed by atoms with Gasteiger partial charge in [0.1, 0.15) is 11.4 Å². The summed E-state index contributed by atoms with van der Waals surface area (Å²) in [5.74, 6) is -1.83. The molecule has 1 aromatic heterocycles. The molecule has 4 rings (SSSR count). The van der Waals surface area contributed by atoms with Gasteiger partial charge < -0.3 is 9.40 Å². The molecule has 0 radical (unpaired) electrons. The highest BCUT2D eigenvalue weighted by atomic mass is 35.5. The second-order valence-corrected chi connectivity index (χ2v) is 8.34. The van der Waals surface area contributed by atoms with E-state index in [0.717, 1.165) is 4.57 Å². The van der Waals surface area contributed by atoms with E-state index in [0.29, 0.717) is 29.0 Å². The van der Waals surface area contributed by atoms with E-state index in [9.17, 15) is 22.8 Å². The van der Waals surface area contributed by atoms with Crippen LogP contribution < -0.4 is 5.48 Å². The lowest BCUT2D eigenvalue weighted by Crippen LogP contribution is -2.31. The number of nitrogens with one attached hydrogen (secondary N) is 1. The fraction of sp³-hybridized carbons (Fsp3) is 0.250. The van der Waals surface area contributed by atoms with E-state index in [1.54, 1.807) is 42.5 Å². The molecule has 5 nitrogen and oxygen atoms in total. The molecule has 1 fully saturated rings. The highest BCUT2D eigenvalue weighted by Gasteiger charge is 2.41. The van der Waals surface area contributed by atoms with Crippen molar-refractivity contribution in [1.29, 1.82) is 0 Å². The summed E-state index contributed by atoms with van der Waals surface area (Å²) in [4.78, 5) is 29.9. The molecule has 3 aromatic rings. The molecule has 1 aliphatic carbocycles. The maximum absolute atomic E-state index is 14.2. The number of nitrogens with zero attached hydrogens (tertiary/aromatic N) is 1. The monoisotopic (exact) mass is 476 g/mol. The van der Waals surface area contributed by atoms with Crippen molar-refractivity contribution in [3.63, 3.8) is 0 Å². The molecule has 0 saturated heterocycles. The van der Waals surface area contributed by atoms with Crippen molar-refractivity contribution >= 4 is 23.5 Å². The molecule has 2 aromatic carbocycles. The van der Waals surface area contributed by atoms with Gasteiger partial charge in [0.15, 0.2) is 0 Å². The van der Waals surface area contributed by atoms with Crippen LogP contribution in [0.2, 0.25) is 5.02 Å². The third kappa shape index (κ3) is 4.90. The first-order valence-electron chi connectivity index (χ1n) is 10.3. The van der Waals surface area contributed by atoms with Crippen LogP contribution in [0.5, 0.6) is 0 Å². The van der Waals surface area contributed by atoms with Crippen molar-refractivity contribution < 1.29 is 27.6 Å². The van der Waals surface area contributed by atoms with Crippen LogP contribution in [0.1, 0.15) is 40.2 Å². The highest BCUT2D eigenvalue weighted by Crippen LogP contribution is 2.41. The third-order valence-electron chi connectivity index (χ3n) is 5.46. The van der Waals surface area contributed by atoms with Gasteiger partial charge in [-0.15, -0.1) is 0 Å². The number of hydroxylamine groups is 1. The Kier molecular flexibility index (Phi) is 6.21. The average Bonchev–Trinajstić information content (AvgIpc) is 3.57. The number of aromatic nitrogens is 1. The Morgan fingerprint density at radius 3 is 2.30 bits per heavy atom. The molecular weight excluding hydrogens is 457 g/mol. The van der Waals surface area contributed by atoms with Gasteiger partial charge in [-0.2, -0.15) is 18.7 Å². The first-order chi connectivity index (χ1) is 15.7. The Hall–Kier alpha value is -3.26. The second kappa shape index (κ2) is 8.94. The normalized spacial score (nSPS) is 13.6. The van der Waals surface area contributed by atoms with E-state index < -0.39 is 23.7 Å². The Morgan fingerprint density at radius 2 is 1.73 bits per heavy atom. The number of hydrogen-bond donors (Lipinski definition) is 1. The third-order valence-corrected chi connectivity index (χ3v) is 5.71. The van der Waals surface area contributed by atoms with Gasteiger partial charge in [0.2, 0.25) is 0 Å². The van der Waals surface area contributed by atoms with Crippen molar-refractivity contribution in [2.24, 2.45) is 5.92 Å². The lowest BCUT2D eigenvalue weighted by atomic mass is 10.0. The van der Waals surface area contributed by atoms with Crippen LogP contribution in [0, 0.1) is 12.8 Å². The van der Waals surface area contributed by atoms with Crippen molar-refractivity contribution in [1.82, 2.24) is 10.0 Å². The molecule has 1 heterocycles. The second-order valence-electron chi connectivity index (χ2n) is 7.90. The maximum atomic E-state index is 14.2. The molecule has 9 heteroatoms. The summed E-state index contributed by atoms with van der Waals surface area (Å²) in [7, 11) is 0. The standard InChI is InChI=1S/C24H20ClF3N2O3/c1-14-19(16-9-11-18(25)12-10-16)20(22(31)29-33-23(32)17-7-8-17)30(21(14)24(26,27)28)13-15-5-3-2-4-6-15/h2-6,9-12,17H,7-8,13H2,1H3,(H,29,31). The number of hydrogen-bond acceptors (Lipinski definition) is 3. The molecule has 0 aliphatic heterocycles. The molecule has 1 amide bonds. The molecule has 0 unspecified atom stereocenters. The largest absolute Gasteiger partial charge is 0.431 e. The van der Waals surface area contributed by atoms with E-state index in [1.165, 1.54) is 19.1 Å². The number of amides is 1. The van der Waals surface area contributed by atoms with Crippen LogP contribution in [0.4, 0.5) is 13.2 Å². The summed E-state index contributed by atoms with van der Waals surface area (Å²) in [6.07, 6.45) is -3.41. The molecule has 0 atom stereocenters. The van der Waals surface area contributed by atoms with Crippen LogP contribution in [-0.2, 0) is 22.4 Å². The first kappa shape index (κ1) is 22.9. The minimum atomic E-state index is -4.73. The lowest BCUT2D eigenvalue weighted by molar-refractivity contribution is -0.150. The summed E-state index contributed by atoms with van der Waals surface area (Å²) in [6.45, 7) is 1.12. The zero-order valence-electron chi connectivity index (χ0n) is 17.6. The van der Waals surface area contributed by atoms with Gasteiger partial charge in [0.25, 0.3) is 0 Å². The van der Waals surface area contributed by atoms with Crippen LogP contribution in [-0.4, -0.2) is 16.4 Å². The summed E-state index contributed by atoms with van der Waals surface area (Å²) in [5, 5.41) is 0.403. The topological polar surface area (TPSA) is 60.3 Å². The summed E-state index contributed by atoms with van der Waals surface area (Å²) >= 11 is 5.96. The van der Waals surface area contributed by atoms with Crippen LogP contribution >= 0.6 is 11.6 Å².